The number of para-hydroxylation sites is 1. The molecule has 0 unspecified atom stereocenters. The predicted octanol–water partition coefficient (Wildman–Crippen LogP) is 6.14. The molecule has 0 saturated heterocycles. The smallest absolute Gasteiger partial charge is 0.324 e. The lowest BCUT2D eigenvalue weighted by Gasteiger charge is -2.14. The van der Waals surface area contributed by atoms with Gasteiger partial charge in [-0.3, -0.25) is 10.3 Å². The third-order valence-corrected chi connectivity index (χ3v) is 4.79. The molecule has 2 amide bonds. The first kappa shape index (κ1) is 22.0. The van der Waals surface area contributed by atoms with Crippen LogP contribution in [0.25, 0.3) is 5.69 Å². The predicted molar refractivity (Wildman–Crippen MR) is 126 cm³/mol. The first-order valence-electron chi connectivity index (χ1n) is 10.4. The fraction of sp³-hybridized carbons (Fsp3) is 0.160. The summed E-state index contributed by atoms with van der Waals surface area (Å²) in [7, 11) is 0. The van der Waals surface area contributed by atoms with Crippen LogP contribution in [0.2, 0.25) is 0 Å². The van der Waals surface area contributed by atoms with Crippen molar-refractivity contribution >= 4 is 17.5 Å². The Bertz CT molecular complexity index is 1250. The van der Waals surface area contributed by atoms with Gasteiger partial charge in [0, 0.05) is 29.9 Å². The van der Waals surface area contributed by atoms with Crippen LogP contribution in [0.15, 0.2) is 79.1 Å². The largest absolute Gasteiger partial charge is 0.457 e. The number of nitrogens with zero attached hydrogens (tertiary/aromatic N) is 3. The van der Waals surface area contributed by atoms with Crippen LogP contribution in [0.1, 0.15) is 26.5 Å². The highest BCUT2D eigenvalue weighted by Crippen LogP contribution is 2.28. The number of hydrogen-bond acceptors (Lipinski definition) is 4. The van der Waals surface area contributed by atoms with E-state index in [9.17, 15) is 9.18 Å². The highest BCUT2D eigenvalue weighted by Gasteiger charge is 2.21. The number of halogens is 1. The zero-order chi connectivity index (χ0) is 23.4. The van der Waals surface area contributed by atoms with Crippen molar-refractivity contribution in [3.63, 3.8) is 0 Å². The van der Waals surface area contributed by atoms with Crippen molar-refractivity contribution in [2.24, 2.45) is 0 Å². The van der Waals surface area contributed by atoms with E-state index in [1.165, 1.54) is 12.1 Å². The molecule has 0 atom stereocenters. The molecular weight excluding hydrogens is 421 g/mol. The maximum atomic E-state index is 14.6. The van der Waals surface area contributed by atoms with E-state index in [1.54, 1.807) is 35.3 Å². The minimum absolute atomic E-state index is 0.0244. The Balaban J connectivity index is 1.51. The molecule has 0 spiro atoms. The summed E-state index contributed by atoms with van der Waals surface area (Å²) in [5, 5.41) is 9.98. The summed E-state index contributed by atoms with van der Waals surface area (Å²) >= 11 is 0. The molecule has 0 fully saturated rings. The second-order valence-corrected chi connectivity index (χ2v) is 8.42. The number of pyridine rings is 1. The number of carbonyl (C=O) groups is 1. The first-order chi connectivity index (χ1) is 15.8. The van der Waals surface area contributed by atoms with E-state index in [0.717, 1.165) is 11.4 Å². The average Bonchev–Trinajstić information content (AvgIpc) is 3.21. The van der Waals surface area contributed by atoms with E-state index < -0.39 is 11.8 Å². The number of hydrogen-bond donors (Lipinski definition) is 2. The Kier molecular flexibility index (Phi) is 6.08. The Hall–Kier alpha value is -4.20. The number of urea groups is 1. The minimum Gasteiger partial charge on any atom is -0.457 e. The topological polar surface area (TPSA) is 81.1 Å². The number of carbonyl (C=O) groups excluding carboxylic acids is 1. The number of benzene rings is 2. The van der Waals surface area contributed by atoms with Gasteiger partial charge in [0.2, 0.25) is 0 Å². The number of aromatic nitrogens is 3. The lowest BCUT2D eigenvalue weighted by Crippen LogP contribution is -2.21. The number of amides is 2. The van der Waals surface area contributed by atoms with Crippen LogP contribution < -0.4 is 15.4 Å². The van der Waals surface area contributed by atoms with Crippen LogP contribution in [-0.2, 0) is 5.41 Å². The molecule has 0 aliphatic heterocycles. The van der Waals surface area contributed by atoms with E-state index in [-0.39, 0.29) is 11.1 Å². The van der Waals surface area contributed by atoms with E-state index in [4.69, 9.17) is 4.74 Å². The van der Waals surface area contributed by atoms with Crippen molar-refractivity contribution < 1.29 is 13.9 Å². The van der Waals surface area contributed by atoms with Gasteiger partial charge < -0.3 is 10.1 Å². The van der Waals surface area contributed by atoms with Gasteiger partial charge >= 0.3 is 6.03 Å². The molecule has 0 radical (unpaired) electrons. The average molecular weight is 445 g/mol. The second kappa shape index (κ2) is 9.12. The van der Waals surface area contributed by atoms with Crippen LogP contribution in [-0.4, -0.2) is 20.8 Å². The SMILES string of the molecule is CC(C)(C)c1cc(NC(=O)Nc2ccc(Oc3ccncc3)cc2F)n(-c2ccccc2)n1. The van der Waals surface area contributed by atoms with Crippen LogP contribution in [0.3, 0.4) is 0 Å². The lowest BCUT2D eigenvalue weighted by atomic mass is 9.92. The lowest BCUT2D eigenvalue weighted by molar-refractivity contribution is 0.262. The Morgan fingerprint density at radius 2 is 1.67 bits per heavy atom. The van der Waals surface area contributed by atoms with Gasteiger partial charge in [0.15, 0.2) is 0 Å². The number of nitrogens with one attached hydrogen (secondary N) is 2. The highest BCUT2D eigenvalue weighted by molar-refractivity contribution is 5.99. The van der Waals surface area contributed by atoms with Crippen molar-refractivity contribution in [1.29, 1.82) is 0 Å². The Labute approximate surface area is 191 Å². The van der Waals surface area contributed by atoms with Gasteiger partial charge in [0.05, 0.1) is 17.1 Å². The van der Waals surface area contributed by atoms with Gasteiger partial charge in [0.25, 0.3) is 0 Å². The van der Waals surface area contributed by atoms with Crippen LogP contribution >= 0.6 is 0 Å². The molecule has 2 N–H and O–H groups in total. The van der Waals surface area contributed by atoms with Crippen molar-refractivity contribution in [1.82, 2.24) is 14.8 Å². The molecule has 4 aromatic rings. The molecule has 0 saturated carbocycles. The van der Waals surface area contributed by atoms with Crippen molar-refractivity contribution in [3.05, 3.63) is 90.6 Å². The molecule has 7 nitrogen and oxygen atoms in total. The fourth-order valence-electron chi connectivity index (χ4n) is 3.08. The standard InChI is InChI=1S/C25H24FN5O2/c1-25(2,3)22-16-23(31(30-22)17-7-5-4-6-8-17)29-24(32)28-21-10-9-19(15-20(21)26)33-18-11-13-27-14-12-18/h4-16H,1-3H3,(H2,28,29,32). The normalized spacial score (nSPS) is 11.2. The van der Waals surface area contributed by atoms with Crippen molar-refractivity contribution in [3.8, 4) is 17.2 Å². The van der Waals surface area contributed by atoms with E-state index >= 15 is 0 Å². The molecule has 0 aliphatic carbocycles. The Morgan fingerprint density at radius 1 is 0.939 bits per heavy atom. The first-order valence-corrected chi connectivity index (χ1v) is 10.4. The van der Waals surface area contributed by atoms with Gasteiger partial charge in [0.1, 0.15) is 23.1 Å². The maximum Gasteiger partial charge on any atom is 0.324 e. The van der Waals surface area contributed by atoms with Gasteiger partial charge in [-0.1, -0.05) is 39.0 Å². The van der Waals surface area contributed by atoms with E-state index in [0.29, 0.717) is 17.3 Å². The third-order valence-electron chi connectivity index (χ3n) is 4.79. The summed E-state index contributed by atoms with van der Waals surface area (Å²) in [6.45, 7) is 6.12. The highest BCUT2D eigenvalue weighted by atomic mass is 19.1. The maximum absolute atomic E-state index is 14.6. The van der Waals surface area contributed by atoms with Gasteiger partial charge in [-0.05, 0) is 36.4 Å². The van der Waals surface area contributed by atoms with Crippen LogP contribution in [0.4, 0.5) is 20.7 Å². The van der Waals surface area contributed by atoms with E-state index in [1.807, 2.05) is 57.2 Å². The summed E-state index contributed by atoms with van der Waals surface area (Å²) in [6, 6.07) is 18.3. The summed E-state index contributed by atoms with van der Waals surface area (Å²) in [5.41, 5.74) is 1.41. The molecule has 2 aromatic heterocycles. The van der Waals surface area contributed by atoms with Crippen LogP contribution in [0.5, 0.6) is 11.5 Å². The van der Waals surface area contributed by atoms with Crippen molar-refractivity contribution in [2.75, 3.05) is 10.6 Å². The van der Waals surface area contributed by atoms with E-state index in [2.05, 4.69) is 20.7 Å². The summed E-state index contributed by atoms with van der Waals surface area (Å²) in [4.78, 5) is 16.6. The van der Waals surface area contributed by atoms with Crippen LogP contribution in [0, 0.1) is 5.82 Å². The zero-order valence-corrected chi connectivity index (χ0v) is 18.5. The second-order valence-electron chi connectivity index (χ2n) is 8.42. The molecule has 8 heteroatoms. The van der Waals surface area contributed by atoms with Gasteiger partial charge in [-0.2, -0.15) is 5.10 Å². The molecule has 2 aromatic carbocycles. The zero-order valence-electron chi connectivity index (χ0n) is 18.5. The summed E-state index contributed by atoms with van der Waals surface area (Å²) in [6.07, 6.45) is 3.16. The molecule has 0 bridgehead atoms. The molecule has 2 heterocycles. The molecular formula is C25H24FN5O2. The third kappa shape index (κ3) is 5.35. The molecule has 0 aliphatic rings. The number of ether oxygens (including phenoxy) is 1. The van der Waals surface area contributed by atoms with Gasteiger partial charge in [-0.15, -0.1) is 0 Å². The quantitative estimate of drug-likeness (QED) is 0.387. The monoisotopic (exact) mass is 445 g/mol. The molecule has 168 valence electrons. The number of anilines is 2. The summed E-state index contributed by atoms with van der Waals surface area (Å²) < 4.78 is 21.9. The number of rotatable bonds is 5. The Morgan fingerprint density at radius 3 is 2.33 bits per heavy atom. The minimum atomic E-state index is -0.622. The van der Waals surface area contributed by atoms with Crippen molar-refractivity contribution in [2.45, 2.75) is 26.2 Å². The molecule has 4 rings (SSSR count). The summed E-state index contributed by atoms with van der Waals surface area (Å²) in [5.74, 6) is 0.693. The van der Waals surface area contributed by atoms with Gasteiger partial charge in [-0.25, -0.2) is 13.9 Å². The molecule has 33 heavy (non-hydrogen) atoms. The fourth-order valence-corrected chi connectivity index (χ4v) is 3.08.